The third kappa shape index (κ3) is 3.24. The van der Waals surface area contributed by atoms with Crippen molar-refractivity contribution in [3.63, 3.8) is 0 Å². The van der Waals surface area contributed by atoms with Crippen LogP contribution >= 0.6 is 11.6 Å². The van der Waals surface area contributed by atoms with Gasteiger partial charge < -0.3 is 5.32 Å². The second-order valence-electron chi connectivity index (χ2n) is 6.62. The van der Waals surface area contributed by atoms with Gasteiger partial charge in [0.15, 0.2) is 5.65 Å². The highest BCUT2D eigenvalue weighted by Gasteiger charge is 2.18. The highest BCUT2D eigenvalue weighted by molar-refractivity contribution is 6.30. The lowest BCUT2D eigenvalue weighted by Gasteiger charge is -2.10. The van der Waals surface area contributed by atoms with Gasteiger partial charge in [-0.15, -0.1) is 0 Å². The molecule has 0 saturated heterocycles. The van der Waals surface area contributed by atoms with E-state index in [0.29, 0.717) is 16.1 Å². The molecule has 0 aliphatic heterocycles. The van der Waals surface area contributed by atoms with Gasteiger partial charge in [0.25, 0.3) is 5.56 Å². The molecular weight excluding hydrogens is 352 g/mol. The Bertz CT molecular complexity index is 1030. The maximum absolute atomic E-state index is 12.9. The Morgan fingerprint density at radius 2 is 1.88 bits per heavy atom. The Balaban J connectivity index is 2.13. The zero-order chi connectivity index (χ0) is 19.0. The zero-order valence-corrected chi connectivity index (χ0v) is 16.0. The quantitative estimate of drug-likeness (QED) is 0.765. The summed E-state index contributed by atoms with van der Waals surface area (Å²) < 4.78 is 3.28. The standard InChI is InChI=1S/C19H21ClN4O2/c1-11(2)22-16(25)9-23-10-21-18-17(19(23)26)12(3)13(4)24(18)15-7-5-14(20)6-8-15/h5-8,10-11H,9H2,1-4H3,(H,22,25). The topological polar surface area (TPSA) is 68.9 Å². The minimum atomic E-state index is -0.220. The molecule has 0 radical (unpaired) electrons. The monoisotopic (exact) mass is 372 g/mol. The maximum atomic E-state index is 12.9. The number of nitrogens with one attached hydrogen (secondary N) is 1. The Kier molecular flexibility index (Phi) is 4.87. The highest BCUT2D eigenvalue weighted by atomic mass is 35.5. The molecule has 7 heteroatoms. The maximum Gasteiger partial charge on any atom is 0.263 e. The van der Waals surface area contributed by atoms with Crippen LogP contribution in [0.1, 0.15) is 25.1 Å². The van der Waals surface area contributed by atoms with E-state index in [4.69, 9.17) is 11.6 Å². The zero-order valence-electron chi connectivity index (χ0n) is 15.2. The first-order valence-electron chi connectivity index (χ1n) is 8.42. The molecule has 0 bridgehead atoms. The van der Waals surface area contributed by atoms with E-state index in [1.54, 1.807) is 12.1 Å². The van der Waals surface area contributed by atoms with Crippen LogP contribution in [0.2, 0.25) is 5.02 Å². The second kappa shape index (κ2) is 6.96. The van der Waals surface area contributed by atoms with Crippen molar-refractivity contribution in [3.8, 4) is 5.69 Å². The largest absolute Gasteiger partial charge is 0.352 e. The molecule has 0 aliphatic carbocycles. The van der Waals surface area contributed by atoms with Gasteiger partial charge in [0.2, 0.25) is 5.91 Å². The summed E-state index contributed by atoms with van der Waals surface area (Å²) in [7, 11) is 0. The lowest BCUT2D eigenvalue weighted by atomic mass is 10.2. The summed E-state index contributed by atoms with van der Waals surface area (Å²) in [4.78, 5) is 29.4. The van der Waals surface area contributed by atoms with Gasteiger partial charge in [-0.1, -0.05) is 11.6 Å². The van der Waals surface area contributed by atoms with E-state index in [0.717, 1.165) is 16.9 Å². The fraction of sp³-hybridized carbons (Fsp3) is 0.316. The van der Waals surface area contributed by atoms with E-state index in [1.165, 1.54) is 10.9 Å². The number of hydrogen-bond acceptors (Lipinski definition) is 3. The van der Waals surface area contributed by atoms with E-state index in [-0.39, 0.29) is 24.1 Å². The van der Waals surface area contributed by atoms with Crippen LogP contribution in [-0.4, -0.2) is 26.1 Å². The van der Waals surface area contributed by atoms with Crippen LogP contribution in [0.5, 0.6) is 0 Å². The van der Waals surface area contributed by atoms with Gasteiger partial charge in [-0.05, 0) is 57.5 Å². The van der Waals surface area contributed by atoms with Gasteiger partial charge in [-0.25, -0.2) is 4.98 Å². The summed E-state index contributed by atoms with van der Waals surface area (Å²) in [5, 5.41) is 3.95. The van der Waals surface area contributed by atoms with Crippen molar-refractivity contribution in [2.24, 2.45) is 0 Å². The summed E-state index contributed by atoms with van der Waals surface area (Å²) in [5.74, 6) is -0.213. The number of rotatable bonds is 4. The van der Waals surface area contributed by atoms with Crippen LogP contribution in [0.15, 0.2) is 35.4 Å². The van der Waals surface area contributed by atoms with Gasteiger partial charge in [0, 0.05) is 22.4 Å². The Morgan fingerprint density at radius 3 is 2.50 bits per heavy atom. The van der Waals surface area contributed by atoms with Crippen LogP contribution in [0.4, 0.5) is 0 Å². The van der Waals surface area contributed by atoms with Gasteiger partial charge in [0.1, 0.15) is 12.9 Å². The number of halogens is 1. The summed E-state index contributed by atoms with van der Waals surface area (Å²) in [6.45, 7) is 7.54. The van der Waals surface area contributed by atoms with Crippen LogP contribution in [0.25, 0.3) is 16.7 Å². The number of carbonyl (C=O) groups is 1. The molecule has 6 nitrogen and oxygen atoms in total. The fourth-order valence-electron chi connectivity index (χ4n) is 3.03. The summed E-state index contributed by atoms with van der Waals surface area (Å²) >= 11 is 5.98. The van der Waals surface area contributed by atoms with Crippen LogP contribution in [-0.2, 0) is 11.3 Å². The van der Waals surface area contributed by atoms with E-state index >= 15 is 0 Å². The molecule has 1 N–H and O–H groups in total. The van der Waals surface area contributed by atoms with Gasteiger partial charge in [-0.3, -0.25) is 18.7 Å². The molecule has 3 aromatic rings. The molecule has 26 heavy (non-hydrogen) atoms. The number of aryl methyl sites for hydroxylation is 1. The van der Waals surface area contributed by atoms with E-state index in [2.05, 4.69) is 10.3 Å². The summed E-state index contributed by atoms with van der Waals surface area (Å²) in [6, 6.07) is 7.39. The first-order valence-corrected chi connectivity index (χ1v) is 8.79. The van der Waals surface area contributed by atoms with Gasteiger partial charge in [0.05, 0.1) is 5.39 Å². The van der Waals surface area contributed by atoms with Crippen molar-refractivity contribution in [1.29, 1.82) is 0 Å². The predicted octanol–water partition coefficient (Wildman–Crippen LogP) is 2.98. The van der Waals surface area contributed by atoms with Crippen molar-refractivity contribution in [3.05, 3.63) is 57.2 Å². The molecule has 0 unspecified atom stereocenters. The Labute approximate surface area is 156 Å². The third-order valence-corrected chi connectivity index (χ3v) is 4.58. The van der Waals surface area contributed by atoms with Gasteiger partial charge >= 0.3 is 0 Å². The molecule has 0 fully saturated rings. The first-order chi connectivity index (χ1) is 12.3. The van der Waals surface area contributed by atoms with Crippen molar-refractivity contribution < 1.29 is 4.79 Å². The fourth-order valence-corrected chi connectivity index (χ4v) is 3.15. The summed E-state index contributed by atoms with van der Waals surface area (Å²) in [5.41, 5.74) is 3.02. The van der Waals surface area contributed by atoms with E-state index < -0.39 is 0 Å². The van der Waals surface area contributed by atoms with Crippen molar-refractivity contribution >= 4 is 28.5 Å². The minimum Gasteiger partial charge on any atom is -0.352 e. The minimum absolute atomic E-state index is 0.0184. The lowest BCUT2D eigenvalue weighted by Crippen LogP contribution is -2.36. The van der Waals surface area contributed by atoms with Gasteiger partial charge in [-0.2, -0.15) is 0 Å². The van der Waals surface area contributed by atoms with Crippen LogP contribution in [0.3, 0.4) is 0 Å². The molecule has 0 aliphatic rings. The normalized spacial score (nSPS) is 11.3. The van der Waals surface area contributed by atoms with E-state index in [9.17, 15) is 9.59 Å². The smallest absolute Gasteiger partial charge is 0.263 e. The average molecular weight is 373 g/mol. The summed E-state index contributed by atoms with van der Waals surface area (Å²) in [6.07, 6.45) is 1.43. The van der Waals surface area contributed by atoms with Crippen LogP contribution < -0.4 is 10.9 Å². The molecule has 136 valence electrons. The first kappa shape index (κ1) is 18.2. The number of benzene rings is 1. The Morgan fingerprint density at radius 1 is 1.23 bits per heavy atom. The number of nitrogens with zero attached hydrogens (tertiary/aromatic N) is 3. The second-order valence-corrected chi connectivity index (χ2v) is 7.06. The number of hydrogen-bond donors (Lipinski definition) is 1. The Hall–Kier alpha value is -2.60. The van der Waals surface area contributed by atoms with E-state index in [1.807, 2.05) is 44.4 Å². The molecular formula is C19H21ClN4O2. The molecule has 2 heterocycles. The van der Waals surface area contributed by atoms with Crippen LogP contribution in [0, 0.1) is 13.8 Å². The molecule has 0 atom stereocenters. The van der Waals surface area contributed by atoms with Crippen molar-refractivity contribution in [1.82, 2.24) is 19.4 Å². The molecule has 0 saturated carbocycles. The molecule has 2 aromatic heterocycles. The molecule has 1 amide bonds. The lowest BCUT2D eigenvalue weighted by molar-refractivity contribution is -0.122. The number of carbonyl (C=O) groups excluding carboxylic acids is 1. The predicted molar refractivity (Wildman–Crippen MR) is 103 cm³/mol. The molecule has 3 rings (SSSR count). The number of amides is 1. The number of fused-ring (bicyclic) bond motifs is 1. The van der Waals surface area contributed by atoms with Crippen molar-refractivity contribution in [2.75, 3.05) is 0 Å². The highest BCUT2D eigenvalue weighted by Crippen LogP contribution is 2.25. The van der Waals surface area contributed by atoms with Crippen molar-refractivity contribution in [2.45, 2.75) is 40.3 Å². The molecule has 0 spiro atoms. The molecule has 1 aromatic carbocycles. The third-order valence-electron chi connectivity index (χ3n) is 4.33. The average Bonchev–Trinajstić information content (AvgIpc) is 2.82. The number of aromatic nitrogens is 3. The SMILES string of the molecule is Cc1c(C)n(-c2ccc(Cl)cc2)c2ncn(CC(=O)NC(C)C)c(=O)c12.